The van der Waals surface area contributed by atoms with Crippen LogP contribution in [-0.4, -0.2) is 25.6 Å². The molecule has 4 nitrogen and oxygen atoms in total. The third-order valence-electron chi connectivity index (χ3n) is 4.41. The van der Waals surface area contributed by atoms with Gasteiger partial charge >= 0.3 is 0 Å². The van der Waals surface area contributed by atoms with E-state index in [1.165, 1.54) is 12.1 Å². The Morgan fingerprint density at radius 3 is 2.80 bits per heavy atom. The Balaban J connectivity index is 1.50. The molecule has 3 rings (SSSR count). The van der Waals surface area contributed by atoms with Crippen LogP contribution in [0, 0.1) is 11.7 Å². The highest BCUT2D eigenvalue weighted by Gasteiger charge is 2.27. The van der Waals surface area contributed by atoms with Gasteiger partial charge in [0.25, 0.3) is 0 Å². The molecule has 5 heteroatoms. The molecule has 0 aliphatic carbocycles. The number of anilines is 1. The maximum atomic E-state index is 13.1. The first kappa shape index (κ1) is 17.4. The van der Waals surface area contributed by atoms with E-state index >= 15 is 0 Å². The number of nitrogens with one attached hydrogen (secondary N) is 2. The number of ether oxygens (including phenoxy) is 1. The van der Waals surface area contributed by atoms with Crippen molar-refractivity contribution in [1.29, 1.82) is 0 Å². The maximum absolute atomic E-state index is 13.1. The van der Waals surface area contributed by atoms with Crippen molar-refractivity contribution in [3.05, 3.63) is 66.0 Å². The van der Waals surface area contributed by atoms with Crippen LogP contribution in [0.2, 0.25) is 0 Å². The molecule has 2 aromatic rings. The van der Waals surface area contributed by atoms with Gasteiger partial charge in [-0.2, -0.15) is 0 Å². The predicted molar refractivity (Wildman–Crippen MR) is 95.8 cm³/mol. The Morgan fingerprint density at radius 1 is 1.16 bits per heavy atom. The second-order valence-electron chi connectivity index (χ2n) is 6.27. The minimum Gasteiger partial charge on any atom is -0.376 e. The highest BCUT2D eigenvalue weighted by molar-refractivity contribution is 5.80. The molecular weight excluding hydrogens is 319 g/mol. The summed E-state index contributed by atoms with van der Waals surface area (Å²) in [7, 11) is 0. The molecule has 25 heavy (non-hydrogen) atoms. The van der Waals surface area contributed by atoms with Crippen LogP contribution in [-0.2, 0) is 9.53 Å². The molecule has 1 saturated heterocycles. The molecule has 2 atom stereocenters. The van der Waals surface area contributed by atoms with E-state index in [9.17, 15) is 9.18 Å². The van der Waals surface area contributed by atoms with Crippen molar-refractivity contribution in [2.45, 2.75) is 18.9 Å². The van der Waals surface area contributed by atoms with E-state index in [1.807, 2.05) is 18.2 Å². The summed E-state index contributed by atoms with van der Waals surface area (Å²) >= 11 is 0. The van der Waals surface area contributed by atoms with E-state index in [0.29, 0.717) is 12.2 Å². The van der Waals surface area contributed by atoms with Gasteiger partial charge in [-0.1, -0.05) is 36.4 Å². The Morgan fingerprint density at radius 2 is 2.00 bits per heavy atom. The molecule has 0 unspecified atom stereocenters. The summed E-state index contributed by atoms with van der Waals surface area (Å²) in [5.41, 5.74) is 1.75. The number of benzene rings is 2. The fraction of sp³-hybridized carbons (Fsp3) is 0.350. The van der Waals surface area contributed by atoms with E-state index in [1.54, 1.807) is 12.1 Å². The average molecular weight is 342 g/mol. The van der Waals surface area contributed by atoms with E-state index in [2.05, 4.69) is 22.8 Å². The van der Waals surface area contributed by atoms with Crippen molar-refractivity contribution in [1.82, 2.24) is 5.32 Å². The summed E-state index contributed by atoms with van der Waals surface area (Å²) in [5.74, 6) is -0.175. The van der Waals surface area contributed by atoms with Crippen LogP contribution in [0.4, 0.5) is 10.1 Å². The first-order chi connectivity index (χ1) is 12.2. The fourth-order valence-electron chi connectivity index (χ4n) is 3.15. The first-order valence-corrected chi connectivity index (χ1v) is 8.65. The van der Waals surface area contributed by atoms with E-state index in [0.717, 1.165) is 25.0 Å². The van der Waals surface area contributed by atoms with Crippen LogP contribution in [0.25, 0.3) is 0 Å². The lowest BCUT2D eigenvalue weighted by molar-refractivity contribution is -0.120. The third-order valence-corrected chi connectivity index (χ3v) is 4.41. The smallest absolute Gasteiger partial charge is 0.239 e. The average Bonchev–Trinajstić information content (AvgIpc) is 2.66. The largest absolute Gasteiger partial charge is 0.376 e. The molecule has 0 bridgehead atoms. The lowest BCUT2D eigenvalue weighted by Gasteiger charge is -2.32. The topological polar surface area (TPSA) is 50.4 Å². The number of hydrogen-bond acceptors (Lipinski definition) is 3. The number of carbonyl (C=O) groups excluding carboxylic acids is 1. The summed E-state index contributed by atoms with van der Waals surface area (Å²) < 4.78 is 19.1. The number of amides is 1. The van der Waals surface area contributed by atoms with Gasteiger partial charge in [-0.3, -0.25) is 4.79 Å². The quantitative estimate of drug-likeness (QED) is 0.844. The molecule has 1 aliphatic heterocycles. The van der Waals surface area contributed by atoms with Crippen LogP contribution >= 0.6 is 0 Å². The Labute approximate surface area is 147 Å². The molecule has 1 fully saturated rings. The Kier molecular flexibility index (Phi) is 6.01. The van der Waals surface area contributed by atoms with Gasteiger partial charge in [0.15, 0.2) is 0 Å². The van der Waals surface area contributed by atoms with Gasteiger partial charge < -0.3 is 15.4 Å². The second-order valence-corrected chi connectivity index (χ2v) is 6.27. The van der Waals surface area contributed by atoms with Gasteiger partial charge in [0.05, 0.1) is 12.6 Å². The molecule has 1 heterocycles. The standard InChI is InChI=1S/C20H23FN2O2/c21-17-9-4-10-18(12-17)22-14-19(24)23-13-16-8-5-11-25-20(16)15-6-2-1-3-7-15/h1-4,6-7,9-10,12,16,20,22H,5,8,11,13-14H2,(H,23,24)/t16-,20+/m1/s1. The molecule has 0 aromatic heterocycles. The molecule has 132 valence electrons. The van der Waals surface area contributed by atoms with Crippen molar-refractivity contribution in [2.24, 2.45) is 5.92 Å². The monoisotopic (exact) mass is 342 g/mol. The van der Waals surface area contributed by atoms with E-state index in [-0.39, 0.29) is 30.3 Å². The maximum Gasteiger partial charge on any atom is 0.239 e. The molecule has 2 N–H and O–H groups in total. The highest BCUT2D eigenvalue weighted by Crippen LogP contribution is 2.32. The second kappa shape index (κ2) is 8.62. The minimum absolute atomic E-state index is 0.0198. The van der Waals surface area contributed by atoms with Gasteiger partial charge in [0.1, 0.15) is 5.82 Å². The van der Waals surface area contributed by atoms with Crippen LogP contribution in [0.1, 0.15) is 24.5 Å². The predicted octanol–water partition coefficient (Wildman–Crippen LogP) is 3.52. The lowest BCUT2D eigenvalue weighted by Crippen LogP contribution is -2.37. The normalized spacial score (nSPS) is 20.0. The van der Waals surface area contributed by atoms with Crippen molar-refractivity contribution < 1.29 is 13.9 Å². The fourth-order valence-corrected chi connectivity index (χ4v) is 3.15. The summed E-state index contributed by atoms with van der Waals surface area (Å²) in [4.78, 5) is 12.1. The minimum atomic E-state index is -0.324. The molecule has 0 radical (unpaired) electrons. The van der Waals surface area contributed by atoms with Gasteiger partial charge in [-0.25, -0.2) is 4.39 Å². The molecule has 1 aliphatic rings. The number of halogens is 1. The zero-order valence-corrected chi connectivity index (χ0v) is 14.1. The number of hydrogen-bond donors (Lipinski definition) is 2. The molecule has 2 aromatic carbocycles. The molecule has 0 spiro atoms. The van der Waals surface area contributed by atoms with Gasteiger partial charge in [-0.15, -0.1) is 0 Å². The molecular formula is C20H23FN2O2. The van der Waals surface area contributed by atoms with Crippen LogP contribution in [0.3, 0.4) is 0 Å². The van der Waals surface area contributed by atoms with Crippen LogP contribution < -0.4 is 10.6 Å². The zero-order valence-electron chi connectivity index (χ0n) is 14.1. The summed E-state index contributed by atoms with van der Waals surface area (Å²) in [6.07, 6.45) is 2.05. The van der Waals surface area contributed by atoms with Gasteiger partial charge in [0, 0.05) is 24.8 Å². The lowest BCUT2D eigenvalue weighted by atomic mass is 9.89. The van der Waals surface area contributed by atoms with Crippen LogP contribution in [0.15, 0.2) is 54.6 Å². The SMILES string of the molecule is O=C(CNc1cccc(F)c1)NC[C@H]1CCCO[C@H]1c1ccccc1. The third kappa shape index (κ3) is 5.03. The number of carbonyl (C=O) groups is 1. The van der Waals surface area contributed by atoms with Crippen molar-refractivity contribution >= 4 is 11.6 Å². The first-order valence-electron chi connectivity index (χ1n) is 8.65. The zero-order chi connectivity index (χ0) is 17.5. The number of rotatable bonds is 6. The van der Waals surface area contributed by atoms with Crippen LogP contribution in [0.5, 0.6) is 0 Å². The van der Waals surface area contributed by atoms with E-state index < -0.39 is 0 Å². The van der Waals surface area contributed by atoms with Crippen molar-refractivity contribution in [3.63, 3.8) is 0 Å². The molecule has 0 saturated carbocycles. The van der Waals surface area contributed by atoms with Crippen molar-refractivity contribution in [3.8, 4) is 0 Å². The molecule has 1 amide bonds. The summed E-state index contributed by atoms with van der Waals surface area (Å²) in [6.45, 7) is 1.45. The Hall–Kier alpha value is -2.40. The van der Waals surface area contributed by atoms with Gasteiger partial charge in [0.2, 0.25) is 5.91 Å². The van der Waals surface area contributed by atoms with Gasteiger partial charge in [-0.05, 0) is 36.6 Å². The summed E-state index contributed by atoms with van der Waals surface area (Å²) in [5, 5.41) is 5.89. The van der Waals surface area contributed by atoms with E-state index in [4.69, 9.17) is 4.74 Å². The Bertz CT molecular complexity index is 693. The highest BCUT2D eigenvalue weighted by atomic mass is 19.1. The summed E-state index contributed by atoms with van der Waals surface area (Å²) in [6, 6.07) is 16.2. The van der Waals surface area contributed by atoms with Crippen molar-refractivity contribution in [2.75, 3.05) is 25.0 Å².